The molecule has 0 amide bonds. The molecule has 0 radical (unpaired) electrons. The number of fused-ring (bicyclic) bond motifs is 2. The average Bonchev–Trinajstić information content (AvgIpc) is 2.77. The highest BCUT2D eigenvalue weighted by Gasteiger charge is 2.22. The third-order valence-corrected chi connectivity index (χ3v) is 5.29. The van der Waals surface area contributed by atoms with Gasteiger partial charge in [-0.05, 0) is 25.5 Å². The number of methoxy groups -OCH3 is 2. The standard InChI is InChI=1S/C23H29N5O4/c1-14(2)32-19-12-16(31-4)11-18-21(19)22(29)27-23(26-18)28-9-7-17-15(13-28)5-6-20(25-17)24-8-10-30-3/h5-6,11-12,14H,7-10,13H2,1-4H3,(H,24,25)(H,26,27,29). The number of rotatable bonds is 8. The third kappa shape index (κ3) is 4.62. The number of pyridine rings is 1. The van der Waals surface area contributed by atoms with Crippen molar-refractivity contribution in [2.75, 3.05) is 44.1 Å². The summed E-state index contributed by atoms with van der Waals surface area (Å²) in [7, 11) is 3.26. The van der Waals surface area contributed by atoms with E-state index in [0.717, 1.165) is 23.5 Å². The van der Waals surface area contributed by atoms with Gasteiger partial charge in [-0.15, -0.1) is 0 Å². The maximum absolute atomic E-state index is 13.0. The summed E-state index contributed by atoms with van der Waals surface area (Å²) in [6.45, 7) is 6.49. The summed E-state index contributed by atoms with van der Waals surface area (Å²) in [6.07, 6.45) is 0.681. The minimum absolute atomic E-state index is 0.0793. The van der Waals surface area contributed by atoms with Gasteiger partial charge < -0.3 is 24.4 Å². The molecule has 0 unspecified atom stereocenters. The van der Waals surface area contributed by atoms with Crippen LogP contribution in [0.15, 0.2) is 29.1 Å². The molecule has 1 aliphatic heterocycles. The Morgan fingerprint density at radius 2 is 2.06 bits per heavy atom. The van der Waals surface area contributed by atoms with Gasteiger partial charge in [-0.2, -0.15) is 0 Å². The highest BCUT2D eigenvalue weighted by Crippen LogP contribution is 2.30. The zero-order valence-corrected chi connectivity index (χ0v) is 18.9. The first-order chi connectivity index (χ1) is 15.5. The molecule has 9 nitrogen and oxygen atoms in total. The van der Waals surface area contributed by atoms with Gasteiger partial charge in [-0.25, -0.2) is 9.97 Å². The lowest BCUT2D eigenvalue weighted by Gasteiger charge is -2.29. The normalized spacial score (nSPS) is 13.3. The van der Waals surface area contributed by atoms with E-state index in [2.05, 4.69) is 21.3 Å². The molecule has 3 heterocycles. The minimum atomic E-state index is -0.232. The molecule has 2 aromatic heterocycles. The monoisotopic (exact) mass is 439 g/mol. The van der Waals surface area contributed by atoms with Crippen LogP contribution < -0.4 is 25.2 Å². The number of hydrogen-bond acceptors (Lipinski definition) is 8. The molecule has 1 aliphatic rings. The molecule has 3 aromatic rings. The van der Waals surface area contributed by atoms with Crippen LogP contribution in [0.1, 0.15) is 25.1 Å². The van der Waals surface area contributed by atoms with E-state index < -0.39 is 0 Å². The predicted molar refractivity (Wildman–Crippen MR) is 124 cm³/mol. The summed E-state index contributed by atoms with van der Waals surface area (Å²) in [5.41, 5.74) is 2.48. The SMILES string of the molecule is COCCNc1ccc2c(n1)CCN(c1nc3cc(OC)cc(OC(C)C)c3c(=O)[nH]1)C2. The summed E-state index contributed by atoms with van der Waals surface area (Å²) in [4.78, 5) is 27.5. The van der Waals surface area contributed by atoms with Crippen LogP contribution in [0.2, 0.25) is 0 Å². The lowest BCUT2D eigenvalue weighted by Crippen LogP contribution is -2.33. The Kier molecular flexibility index (Phi) is 6.45. The van der Waals surface area contributed by atoms with Gasteiger partial charge in [0, 0.05) is 51.0 Å². The lowest BCUT2D eigenvalue weighted by atomic mass is 10.1. The number of hydrogen-bond donors (Lipinski definition) is 2. The molecule has 0 spiro atoms. The van der Waals surface area contributed by atoms with Crippen molar-refractivity contribution < 1.29 is 14.2 Å². The molecule has 4 rings (SSSR count). The van der Waals surface area contributed by atoms with Crippen molar-refractivity contribution in [3.05, 3.63) is 45.9 Å². The fourth-order valence-electron chi connectivity index (χ4n) is 3.79. The number of anilines is 2. The summed E-state index contributed by atoms with van der Waals surface area (Å²) in [5.74, 6) is 2.44. The quantitative estimate of drug-likeness (QED) is 0.517. The third-order valence-electron chi connectivity index (χ3n) is 5.29. The number of benzene rings is 1. The first-order valence-electron chi connectivity index (χ1n) is 10.7. The van der Waals surface area contributed by atoms with E-state index in [9.17, 15) is 4.79 Å². The zero-order chi connectivity index (χ0) is 22.7. The van der Waals surface area contributed by atoms with Crippen molar-refractivity contribution in [2.45, 2.75) is 32.9 Å². The molecule has 0 aliphatic carbocycles. The van der Waals surface area contributed by atoms with E-state index in [1.807, 2.05) is 19.9 Å². The van der Waals surface area contributed by atoms with E-state index in [4.69, 9.17) is 24.2 Å². The largest absolute Gasteiger partial charge is 0.497 e. The Balaban J connectivity index is 1.62. The van der Waals surface area contributed by atoms with Gasteiger partial charge in [0.15, 0.2) is 0 Å². The fraction of sp³-hybridized carbons (Fsp3) is 0.435. The van der Waals surface area contributed by atoms with Gasteiger partial charge >= 0.3 is 0 Å². The van der Waals surface area contributed by atoms with Crippen molar-refractivity contribution in [2.24, 2.45) is 0 Å². The first kappa shape index (κ1) is 21.9. The van der Waals surface area contributed by atoms with E-state index in [1.165, 1.54) is 0 Å². The second kappa shape index (κ2) is 9.44. The van der Waals surface area contributed by atoms with E-state index in [0.29, 0.717) is 54.6 Å². The Morgan fingerprint density at radius 3 is 2.81 bits per heavy atom. The first-order valence-corrected chi connectivity index (χ1v) is 10.7. The Bertz CT molecular complexity index is 1160. The molecule has 32 heavy (non-hydrogen) atoms. The van der Waals surface area contributed by atoms with Gasteiger partial charge in [0.25, 0.3) is 5.56 Å². The highest BCUT2D eigenvalue weighted by atomic mass is 16.5. The van der Waals surface area contributed by atoms with Crippen LogP contribution in [0, 0.1) is 0 Å². The maximum atomic E-state index is 13.0. The summed E-state index contributed by atoms with van der Waals surface area (Å²) >= 11 is 0. The maximum Gasteiger partial charge on any atom is 0.263 e. The number of H-pyrrole nitrogens is 1. The fourth-order valence-corrected chi connectivity index (χ4v) is 3.79. The molecule has 0 saturated carbocycles. The summed E-state index contributed by atoms with van der Waals surface area (Å²) < 4.78 is 16.3. The molecule has 0 saturated heterocycles. The smallest absolute Gasteiger partial charge is 0.263 e. The molecule has 0 atom stereocenters. The number of ether oxygens (including phenoxy) is 3. The van der Waals surface area contributed by atoms with Crippen molar-refractivity contribution in [3.8, 4) is 11.5 Å². The summed E-state index contributed by atoms with van der Waals surface area (Å²) in [6, 6.07) is 7.52. The van der Waals surface area contributed by atoms with Crippen molar-refractivity contribution in [3.63, 3.8) is 0 Å². The van der Waals surface area contributed by atoms with Crippen LogP contribution in [0.4, 0.5) is 11.8 Å². The molecule has 2 N–H and O–H groups in total. The number of nitrogens with zero attached hydrogens (tertiary/aromatic N) is 3. The second-order valence-corrected chi connectivity index (χ2v) is 7.97. The lowest BCUT2D eigenvalue weighted by molar-refractivity contribution is 0.210. The second-order valence-electron chi connectivity index (χ2n) is 7.97. The number of aromatic nitrogens is 3. The molecule has 0 bridgehead atoms. The molecule has 1 aromatic carbocycles. The van der Waals surface area contributed by atoms with Crippen LogP contribution in [0.3, 0.4) is 0 Å². The zero-order valence-electron chi connectivity index (χ0n) is 18.9. The molecular formula is C23H29N5O4. The minimum Gasteiger partial charge on any atom is -0.497 e. The topological polar surface area (TPSA) is 102 Å². The Labute approximate surface area is 186 Å². The highest BCUT2D eigenvalue weighted by molar-refractivity contribution is 5.86. The molecule has 170 valence electrons. The van der Waals surface area contributed by atoms with Crippen LogP contribution >= 0.6 is 0 Å². The van der Waals surface area contributed by atoms with Crippen molar-refractivity contribution >= 4 is 22.7 Å². The van der Waals surface area contributed by atoms with E-state index in [1.54, 1.807) is 26.4 Å². The Hall–Kier alpha value is -3.33. The van der Waals surface area contributed by atoms with Gasteiger partial charge in [0.05, 0.1) is 25.3 Å². The van der Waals surface area contributed by atoms with Crippen molar-refractivity contribution in [1.82, 2.24) is 15.0 Å². The molecule has 9 heteroatoms. The van der Waals surface area contributed by atoms with Gasteiger partial charge in [0.2, 0.25) is 5.95 Å². The van der Waals surface area contributed by atoms with E-state index >= 15 is 0 Å². The van der Waals surface area contributed by atoms with E-state index in [-0.39, 0.29) is 11.7 Å². The average molecular weight is 440 g/mol. The van der Waals surface area contributed by atoms with Crippen LogP contribution in [-0.4, -0.2) is 55.0 Å². The van der Waals surface area contributed by atoms with Crippen LogP contribution in [0.25, 0.3) is 10.9 Å². The van der Waals surface area contributed by atoms with Crippen molar-refractivity contribution in [1.29, 1.82) is 0 Å². The summed E-state index contributed by atoms with van der Waals surface area (Å²) in [5, 5.41) is 3.69. The van der Waals surface area contributed by atoms with Gasteiger partial charge in [-0.3, -0.25) is 9.78 Å². The van der Waals surface area contributed by atoms with Gasteiger partial charge in [0.1, 0.15) is 22.7 Å². The number of aromatic amines is 1. The molecule has 0 fully saturated rings. The number of nitrogens with one attached hydrogen (secondary N) is 2. The van der Waals surface area contributed by atoms with Crippen LogP contribution in [-0.2, 0) is 17.7 Å². The molecular weight excluding hydrogens is 410 g/mol. The predicted octanol–water partition coefficient (Wildman–Crippen LogP) is 2.73. The van der Waals surface area contributed by atoms with Gasteiger partial charge in [-0.1, -0.05) is 6.07 Å². The van der Waals surface area contributed by atoms with Crippen LogP contribution in [0.5, 0.6) is 11.5 Å². The Morgan fingerprint density at radius 1 is 1.22 bits per heavy atom.